The van der Waals surface area contributed by atoms with E-state index in [1.807, 2.05) is 0 Å². The Morgan fingerprint density at radius 2 is 1.63 bits per heavy atom. The van der Waals surface area contributed by atoms with E-state index in [0.29, 0.717) is 5.56 Å². The Bertz CT molecular complexity index is 489. The van der Waals surface area contributed by atoms with Crippen LogP contribution in [0.15, 0.2) is 27.1 Å². The molecule has 1 amide bonds. The van der Waals surface area contributed by atoms with Gasteiger partial charge in [0.2, 0.25) is 0 Å². The molecule has 0 aromatic heterocycles. The molecular weight excluding hydrogens is 378 g/mol. The predicted molar refractivity (Wildman–Crippen MR) is 80.2 cm³/mol. The molecule has 6 heteroatoms. The average Bonchev–Trinajstić information content (AvgIpc) is 2.21. The lowest BCUT2D eigenvalue weighted by molar-refractivity contribution is -0.142. The van der Waals surface area contributed by atoms with Crippen molar-refractivity contribution in [1.29, 1.82) is 0 Å². The number of halogens is 2. The van der Waals surface area contributed by atoms with Gasteiger partial charge in [0.25, 0.3) is 5.91 Å². The van der Waals surface area contributed by atoms with Crippen molar-refractivity contribution in [3.8, 4) is 0 Å². The lowest BCUT2D eigenvalue weighted by Gasteiger charge is -2.27. The standard InChI is InChI=1S/C13H15Br2NO3/c1-13(2,3)10(12(18)19)16-11(17)7-4-8(14)6-9(15)5-7/h4-6,10H,1-3H3,(H,16,17)(H,18,19)/t10-/m1/s1. The Balaban J connectivity index is 2.97. The predicted octanol–water partition coefficient (Wildman–Crippen LogP) is 3.44. The number of carboxylic acids is 1. The summed E-state index contributed by atoms with van der Waals surface area (Å²) in [4.78, 5) is 23.3. The molecule has 0 spiro atoms. The topological polar surface area (TPSA) is 66.4 Å². The van der Waals surface area contributed by atoms with Crippen LogP contribution in [-0.4, -0.2) is 23.0 Å². The third kappa shape index (κ3) is 4.62. The van der Waals surface area contributed by atoms with E-state index in [-0.39, 0.29) is 0 Å². The fourth-order valence-corrected chi connectivity index (χ4v) is 2.84. The Morgan fingerprint density at radius 1 is 1.16 bits per heavy atom. The van der Waals surface area contributed by atoms with E-state index in [4.69, 9.17) is 0 Å². The fourth-order valence-electron chi connectivity index (χ4n) is 1.55. The minimum absolute atomic E-state index is 0.400. The number of carbonyl (C=O) groups is 2. The van der Waals surface area contributed by atoms with E-state index in [1.165, 1.54) is 0 Å². The van der Waals surface area contributed by atoms with Crippen molar-refractivity contribution < 1.29 is 14.7 Å². The van der Waals surface area contributed by atoms with Gasteiger partial charge in [-0.05, 0) is 23.6 Å². The zero-order valence-corrected chi connectivity index (χ0v) is 14.0. The Labute approximate surface area is 128 Å². The first-order valence-corrected chi connectivity index (χ1v) is 7.19. The van der Waals surface area contributed by atoms with Gasteiger partial charge in [0.15, 0.2) is 0 Å². The maximum Gasteiger partial charge on any atom is 0.326 e. The van der Waals surface area contributed by atoms with Crippen molar-refractivity contribution in [3.63, 3.8) is 0 Å². The van der Waals surface area contributed by atoms with E-state index < -0.39 is 23.3 Å². The molecule has 19 heavy (non-hydrogen) atoms. The van der Waals surface area contributed by atoms with Crippen LogP contribution < -0.4 is 5.32 Å². The second kappa shape index (κ2) is 6.05. The van der Waals surface area contributed by atoms with Gasteiger partial charge in [-0.2, -0.15) is 0 Å². The molecule has 0 saturated heterocycles. The van der Waals surface area contributed by atoms with Gasteiger partial charge >= 0.3 is 5.97 Å². The molecule has 1 aromatic carbocycles. The molecule has 1 atom stereocenters. The number of carboxylic acid groups (broad SMARTS) is 1. The summed E-state index contributed by atoms with van der Waals surface area (Å²) in [5.41, 5.74) is -0.165. The SMILES string of the molecule is CC(C)(C)[C@H](NC(=O)c1cc(Br)cc(Br)c1)C(=O)O. The first-order chi connectivity index (χ1) is 8.61. The van der Waals surface area contributed by atoms with E-state index in [2.05, 4.69) is 37.2 Å². The number of carbonyl (C=O) groups excluding carboxylic acids is 1. The number of hydrogen-bond acceptors (Lipinski definition) is 2. The maximum absolute atomic E-state index is 12.1. The number of hydrogen-bond donors (Lipinski definition) is 2. The summed E-state index contributed by atoms with van der Waals surface area (Å²) in [6.07, 6.45) is 0. The first kappa shape index (κ1) is 16.2. The molecular formula is C13H15Br2NO3. The molecule has 4 nitrogen and oxygen atoms in total. The molecule has 0 bridgehead atoms. The lowest BCUT2D eigenvalue weighted by atomic mass is 9.86. The van der Waals surface area contributed by atoms with Gasteiger partial charge in [-0.1, -0.05) is 52.6 Å². The fraction of sp³-hybridized carbons (Fsp3) is 0.385. The summed E-state index contributed by atoms with van der Waals surface area (Å²) >= 11 is 6.58. The largest absolute Gasteiger partial charge is 0.480 e. The van der Waals surface area contributed by atoms with E-state index in [9.17, 15) is 14.7 Å². The van der Waals surface area contributed by atoms with Crippen molar-refractivity contribution in [1.82, 2.24) is 5.32 Å². The summed E-state index contributed by atoms with van der Waals surface area (Å²) < 4.78 is 1.49. The second-order valence-corrected chi connectivity index (χ2v) is 7.10. The number of benzene rings is 1. The van der Waals surface area contributed by atoms with Crippen LogP contribution in [0.5, 0.6) is 0 Å². The zero-order valence-electron chi connectivity index (χ0n) is 10.8. The number of amides is 1. The molecule has 0 aliphatic carbocycles. The molecule has 0 heterocycles. The van der Waals surface area contributed by atoms with Gasteiger partial charge in [-0.25, -0.2) is 4.79 Å². The summed E-state index contributed by atoms with van der Waals surface area (Å²) in [5.74, 6) is -1.46. The Kier molecular flexibility index (Phi) is 5.15. The molecule has 0 aliphatic rings. The summed E-state index contributed by atoms with van der Waals surface area (Å²) in [6, 6.07) is 4.14. The van der Waals surface area contributed by atoms with Crippen molar-refractivity contribution in [2.75, 3.05) is 0 Å². The minimum atomic E-state index is -1.05. The average molecular weight is 393 g/mol. The van der Waals surface area contributed by atoms with Gasteiger partial charge in [-0.3, -0.25) is 4.79 Å². The van der Waals surface area contributed by atoms with Gasteiger partial charge < -0.3 is 10.4 Å². The van der Waals surface area contributed by atoms with Crippen LogP contribution in [0.25, 0.3) is 0 Å². The van der Waals surface area contributed by atoms with Gasteiger partial charge in [0.1, 0.15) is 6.04 Å². The third-order valence-electron chi connectivity index (χ3n) is 2.51. The smallest absolute Gasteiger partial charge is 0.326 e. The highest BCUT2D eigenvalue weighted by atomic mass is 79.9. The second-order valence-electron chi connectivity index (χ2n) is 5.27. The molecule has 0 saturated carbocycles. The molecule has 2 N–H and O–H groups in total. The van der Waals surface area contributed by atoms with Gasteiger partial charge in [0.05, 0.1) is 0 Å². The minimum Gasteiger partial charge on any atom is -0.480 e. The molecule has 0 unspecified atom stereocenters. The van der Waals surface area contributed by atoms with E-state index >= 15 is 0 Å². The van der Waals surface area contributed by atoms with Crippen LogP contribution in [0.4, 0.5) is 0 Å². The summed E-state index contributed by atoms with van der Waals surface area (Å²) in [5, 5.41) is 11.7. The monoisotopic (exact) mass is 391 g/mol. The van der Waals surface area contributed by atoms with Crippen molar-refractivity contribution in [3.05, 3.63) is 32.7 Å². The molecule has 0 radical (unpaired) electrons. The molecule has 1 rings (SSSR count). The molecule has 0 fully saturated rings. The van der Waals surface area contributed by atoms with E-state index in [1.54, 1.807) is 39.0 Å². The Hall–Kier alpha value is -0.880. The highest BCUT2D eigenvalue weighted by molar-refractivity contribution is 9.11. The molecule has 104 valence electrons. The van der Waals surface area contributed by atoms with Crippen molar-refractivity contribution >= 4 is 43.7 Å². The summed E-state index contributed by atoms with van der Waals surface area (Å²) in [7, 11) is 0. The Morgan fingerprint density at radius 3 is 2.00 bits per heavy atom. The van der Waals surface area contributed by atoms with Crippen LogP contribution in [0.3, 0.4) is 0 Å². The van der Waals surface area contributed by atoms with Gasteiger partial charge in [0, 0.05) is 14.5 Å². The number of aliphatic carboxylic acids is 1. The number of nitrogens with one attached hydrogen (secondary N) is 1. The zero-order chi connectivity index (χ0) is 14.8. The van der Waals surface area contributed by atoms with Crippen molar-refractivity contribution in [2.24, 2.45) is 5.41 Å². The highest BCUT2D eigenvalue weighted by Gasteiger charge is 2.32. The van der Waals surface area contributed by atoms with Gasteiger partial charge in [-0.15, -0.1) is 0 Å². The lowest BCUT2D eigenvalue weighted by Crippen LogP contribution is -2.49. The summed E-state index contributed by atoms with van der Waals surface area (Å²) in [6.45, 7) is 5.30. The molecule has 0 aliphatic heterocycles. The number of rotatable bonds is 3. The van der Waals surface area contributed by atoms with Crippen LogP contribution >= 0.6 is 31.9 Å². The highest BCUT2D eigenvalue weighted by Crippen LogP contribution is 2.22. The quantitative estimate of drug-likeness (QED) is 0.827. The normalized spacial score (nSPS) is 12.9. The third-order valence-corrected chi connectivity index (χ3v) is 3.43. The van der Waals surface area contributed by atoms with Crippen LogP contribution in [0.2, 0.25) is 0 Å². The first-order valence-electron chi connectivity index (χ1n) is 5.61. The maximum atomic E-state index is 12.1. The van der Waals surface area contributed by atoms with E-state index in [0.717, 1.165) is 8.95 Å². The van der Waals surface area contributed by atoms with Crippen LogP contribution in [0.1, 0.15) is 31.1 Å². The van der Waals surface area contributed by atoms with Crippen LogP contribution in [-0.2, 0) is 4.79 Å². The van der Waals surface area contributed by atoms with Crippen molar-refractivity contribution in [2.45, 2.75) is 26.8 Å². The van der Waals surface area contributed by atoms with Crippen LogP contribution in [0, 0.1) is 5.41 Å². The molecule has 1 aromatic rings.